The SMILES string of the molecule is CCC1CN(C(/C=C(\N)c2ccccc2O)=C(N)N)CC(C)N1c1ncc(CCCN(C)CCCc2ccc(N(C=O)C3CCC(=O)NC3=O)c(N(C)C)c2)cn1. The molecule has 5 rings (SSSR count). The summed E-state index contributed by atoms with van der Waals surface area (Å²) in [6.07, 6.45) is 11.3. The second kappa shape index (κ2) is 19.4. The molecule has 15 nitrogen and oxygen atoms in total. The minimum atomic E-state index is -0.719. The van der Waals surface area contributed by atoms with Gasteiger partial charge in [0.1, 0.15) is 17.6 Å². The van der Waals surface area contributed by atoms with Gasteiger partial charge in [-0.05, 0) is 107 Å². The number of anilines is 3. The molecule has 3 aromatic rings. The molecule has 3 unspecified atom stereocenters. The van der Waals surface area contributed by atoms with Crippen LogP contribution in [0.5, 0.6) is 5.75 Å². The maximum absolute atomic E-state index is 12.5. The summed E-state index contributed by atoms with van der Waals surface area (Å²) in [7, 11) is 5.96. The average Bonchev–Trinajstić information content (AvgIpc) is 3.18. The van der Waals surface area contributed by atoms with E-state index in [1.54, 1.807) is 24.3 Å². The molecule has 0 saturated carbocycles. The van der Waals surface area contributed by atoms with Crippen molar-refractivity contribution < 1.29 is 19.5 Å². The first kappa shape index (κ1) is 42.3. The van der Waals surface area contributed by atoms with Gasteiger partial charge in [0.15, 0.2) is 0 Å². The number of carbonyl (C=O) groups is 3. The molecular formula is C42H59N11O4. The van der Waals surface area contributed by atoms with Crippen LogP contribution in [0, 0.1) is 0 Å². The molecule has 2 aliphatic heterocycles. The quantitative estimate of drug-likeness (QED) is 0.0761. The molecule has 8 N–H and O–H groups in total. The van der Waals surface area contributed by atoms with E-state index >= 15 is 0 Å². The van der Waals surface area contributed by atoms with Gasteiger partial charge in [-0.25, -0.2) is 9.97 Å². The van der Waals surface area contributed by atoms with Gasteiger partial charge in [0.25, 0.3) is 0 Å². The molecule has 15 heteroatoms. The third kappa shape index (κ3) is 10.5. The van der Waals surface area contributed by atoms with Crippen LogP contribution >= 0.6 is 0 Å². The lowest BCUT2D eigenvalue weighted by Gasteiger charge is -2.46. The molecule has 2 fully saturated rings. The number of hydrogen-bond donors (Lipinski definition) is 5. The predicted molar refractivity (Wildman–Crippen MR) is 225 cm³/mol. The Hall–Kier alpha value is -5.83. The number of nitrogens with zero attached hydrogens (tertiary/aromatic N) is 7. The number of phenols is 1. The maximum Gasteiger partial charge on any atom is 0.249 e. The second-order valence-electron chi connectivity index (χ2n) is 15.3. The lowest BCUT2D eigenvalue weighted by atomic mass is 10.0. The summed E-state index contributed by atoms with van der Waals surface area (Å²) in [4.78, 5) is 56.1. The van der Waals surface area contributed by atoms with Gasteiger partial charge in [0, 0.05) is 69.3 Å². The predicted octanol–water partition coefficient (Wildman–Crippen LogP) is 2.89. The number of carbonyl (C=O) groups excluding carboxylic acids is 3. The van der Waals surface area contributed by atoms with Crippen LogP contribution in [0.4, 0.5) is 17.3 Å². The molecule has 0 spiro atoms. The third-order valence-corrected chi connectivity index (χ3v) is 10.8. The Balaban J connectivity index is 1.11. The van der Waals surface area contributed by atoms with Gasteiger partial charge in [0.05, 0.1) is 17.1 Å². The van der Waals surface area contributed by atoms with E-state index in [0.29, 0.717) is 54.5 Å². The van der Waals surface area contributed by atoms with Crippen LogP contribution in [0.25, 0.3) is 5.70 Å². The molecule has 3 amide bonds. The number of para-hydroxylation sites is 1. The van der Waals surface area contributed by atoms with E-state index in [4.69, 9.17) is 27.2 Å². The van der Waals surface area contributed by atoms with Crippen LogP contribution in [-0.2, 0) is 27.2 Å². The van der Waals surface area contributed by atoms with Crippen molar-refractivity contribution in [2.45, 2.75) is 76.9 Å². The fourth-order valence-electron chi connectivity index (χ4n) is 7.74. The highest BCUT2D eigenvalue weighted by Gasteiger charge is 2.35. The fourth-order valence-corrected chi connectivity index (χ4v) is 7.74. The number of aromatic hydroxyl groups is 1. The van der Waals surface area contributed by atoms with Gasteiger partial charge in [0.2, 0.25) is 24.2 Å². The zero-order chi connectivity index (χ0) is 41.2. The lowest BCUT2D eigenvalue weighted by molar-refractivity contribution is -0.134. The topological polar surface area (TPSA) is 204 Å². The van der Waals surface area contributed by atoms with Gasteiger partial charge in [-0.2, -0.15) is 0 Å². The number of amides is 3. The maximum atomic E-state index is 12.5. The van der Waals surface area contributed by atoms with Crippen LogP contribution < -0.4 is 37.2 Å². The first-order valence-electron chi connectivity index (χ1n) is 19.7. The van der Waals surface area contributed by atoms with Crippen molar-refractivity contribution in [1.82, 2.24) is 25.1 Å². The molecule has 2 aliphatic rings. The van der Waals surface area contributed by atoms with Gasteiger partial charge in [-0.3, -0.25) is 19.7 Å². The summed E-state index contributed by atoms with van der Waals surface area (Å²) < 4.78 is 0. The molecule has 3 heterocycles. The Bertz CT molecular complexity index is 1930. The highest BCUT2D eigenvalue weighted by atomic mass is 16.3. The zero-order valence-electron chi connectivity index (χ0n) is 33.9. The van der Waals surface area contributed by atoms with E-state index in [0.717, 1.165) is 62.0 Å². The molecule has 306 valence electrons. The van der Waals surface area contributed by atoms with Gasteiger partial charge < -0.3 is 46.8 Å². The highest BCUT2D eigenvalue weighted by molar-refractivity contribution is 6.04. The second-order valence-corrected chi connectivity index (χ2v) is 15.3. The van der Waals surface area contributed by atoms with Crippen molar-refractivity contribution in [3.63, 3.8) is 0 Å². The molecule has 0 bridgehead atoms. The molecule has 57 heavy (non-hydrogen) atoms. The Morgan fingerprint density at radius 2 is 1.65 bits per heavy atom. The molecule has 1 aromatic heterocycles. The standard InChI is InChI=1S/C42H59N11O4/c1-6-31-26-51(37(40(44)45)22-33(43)32-13-7-8-14-38(32)55)25-28(2)53(31)42-46-23-30(24-47-42)12-10-20-50(5)19-9-11-29-15-16-34(36(21-29)49(3)4)52(27-54)35-17-18-39(56)48-41(35)57/h7-8,13-16,21-24,27-28,31,35,55H,6,9-12,17-20,25-26,43-45H2,1-5H3,(H,48,56,57)/b33-22-. The minimum Gasteiger partial charge on any atom is -0.507 e. The summed E-state index contributed by atoms with van der Waals surface area (Å²) in [5.74, 6) is 0.194. The number of allylic oxidation sites excluding steroid dienone is 1. The van der Waals surface area contributed by atoms with E-state index < -0.39 is 11.9 Å². The van der Waals surface area contributed by atoms with Crippen molar-refractivity contribution >= 4 is 41.2 Å². The van der Waals surface area contributed by atoms with Crippen LogP contribution in [0.3, 0.4) is 0 Å². The number of piperidine rings is 1. The van der Waals surface area contributed by atoms with Crippen LogP contribution in [-0.4, -0.2) is 109 Å². The molecule has 2 aromatic carbocycles. The summed E-state index contributed by atoms with van der Waals surface area (Å²) in [5, 5.41) is 12.7. The number of benzene rings is 2. The summed E-state index contributed by atoms with van der Waals surface area (Å²) in [6, 6.07) is 12.3. The van der Waals surface area contributed by atoms with Crippen LogP contribution in [0.15, 0.2) is 72.5 Å². The largest absolute Gasteiger partial charge is 0.507 e. The molecular weight excluding hydrogens is 723 g/mol. The van der Waals surface area contributed by atoms with Crippen molar-refractivity contribution in [2.24, 2.45) is 17.2 Å². The van der Waals surface area contributed by atoms with E-state index in [1.165, 1.54) is 4.90 Å². The summed E-state index contributed by atoms with van der Waals surface area (Å²) in [6.45, 7) is 7.44. The van der Waals surface area contributed by atoms with Crippen molar-refractivity contribution in [3.05, 3.63) is 89.1 Å². The van der Waals surface area contributed by atoms with Gasteiger partial charge in [-0.15, -0.1) is 0 Å². The van der Waals surface area contributed by atoms with E-state index in [9.17, 15) is 19.5 Å². The van der Waals surface area contributed by atoms with E-state index in [2.05, 4.69) is 47.0 Å². The van der Waals surface area contributed by atoms with Gasteiger partial charge >= 0.3 is 0 Å². The van der Waals surface area contributed by atoms with E-state index in [-0.39, 0.29) is 36.0 Å². The third-order valence-electron chi connectivity index (χ3n) is 10.8. The first-order chi connectivity index (χ1) is 27.3. The smallest absolute Gasteiger partial charge is 0.249 e. The van der Waals surface area contributed by atoms with E-state index in [1.807, 2.05) is 49.6 Å². The monoisotopic (exact) mass is 781 g/mol. The molecule has 3 atom stereocenters. The Morgan fingerprint density at radius 3 is 2.26 bits per heavy atom. The lowest BCUT2D eigenvalue weighted by Crippen LogP contribution is -2.58. The normalized spacial score (nSPS) is 18.7. The number of nitrogens with one attached hydrogen (secondary N) is 1. The Morgan fingerprint density at radius 1 is 0.965 bits per heavy atom. The Kier molecular flexibility index (Phi) is 14.4. The van der Waals surface area contributed by atoms with Gasteiger partial charge in [-0.1, -0.05) is 25.1 Å². The number of aryl methyl sites for hydroxylation is 2. The number of hydrogen-bond acceptors (Lipinski definition) is 13. The zero-order valence-corrected chi connectivity index (χ0v) is 33.9. The number of imide groups is 1. The van der Waals surface area contributed by atoms with Crippen molar-refractivity contribution in [2.75, 3.05) is 62.0 Å². The number of phenolic OH excluding ortho intramolecular Hbond substituents is 1. The summed E-state index contributed by atoms with van der Waals surface area (Å²) >= 11 is 0. The summed E-state index contributed by atoms with van der Waals surface area (Å²) in [5.41, 5.74) is 24.0. The molecule has 0 aliphatic carbocycles. The first-order valence-corrected chi connectivity index (χ1v) is 19.7. The minimum absolute atomic E-state index is 0.0635. The number of aromatic nitrogens is 2. The molecule has 0 radical (unpaired) electrons. The number of nitrogens with two attached hydrogens (primary N) is 3. The van der Waals surface area contributed by atoms with Crippen molar-refractivity contribution in [3.8, 4) is 5.75 Å². The number of piperazine rings is 1. The molecule has 2 saturated heterocycles. The Labute approximate surface area is 336 Å². The fraction of sp³-hybridized carbons (Fsp3) is 0.452. The van der Waals surface area contributed by atoms with Crippen molar-refractivity contribution in [1.29, 1.82) is 0 Å². The van der Waals surface area contributed by atoms with Crippen LogP contribution in [0.1, 0.15) is 62.6 Å². The highest BCUT2D eigenvalue weighted by Crippen LogP contribution is 2.32. The van der Waals surface area contributed by atoms with Crippen LogP contribution in [0.2, 0.25) is 0 Å². The number of rotatable bonds is 17. The average molecular weight is 782 g/mol.